The molecule has 1 aliphatic rings. The highest BCUT2D eigenvalue weighted by atomic mass is 16.4. The zero-order valence-electron chi connectivity index (χ0n) is 9.37. The van der Waals surface area contributed by atoms with Gasteiger partial charge in [0, 0.05) is 18.9 Å². The largest absolute Gasteiger partial charge is 0.481 e. The zero-order chi connectivity index (χ0) is 13.2. The van der Waals surface area contributed by atoms with Gasteiger partial charge in [-0.1, -0.05) is 6.92 Å². The first kappa shape index (κ1) is 13.4. The third-order valence-electron chi connectivity index (χ3n) is 2.75. The lowest BCUT2D eigenvalue weighted by atomic mass is 10.1. The summed E-state index contributed by atoms with van der Waals surface area (Å²) in [5.41, 5.74) is 0. The van der Waals surface area contributed by atoms with Gasteiger partial charge in [-0.05, 0) is 0 Å². The molecule has 3 atom stereocenters. The van der Waals surface area contributed by atoms with Crippen LogP contribution < -0.4 is 0 Å². The van der Waals surface area contributed by atoms with Gasteiger partial charge in [0.2, 0.25) is 5.91 Å². The van der Waals surface area contributed by atoms with Crippen molar-refractivity contribution in [2.45, 2.75) is 31.9 Å². The van der Waals surface area contributed by atoms with Crippen molar-refractivity contribution in [3.05, 3.63) is 0 Å². The standard InChI is InChI=1S/C10H15NO6/c1-5(2-8(13)14)9(15)11-4-6(12)3-7(11)10(16)17/h5-7,12H,2-4H2,1H3,(H,13,14)(H,16,17)/t5?,6-,7+/m1/s1. The van der Waals surface area contributed by atoms with Crippen molar-refractivity contribution in [3.8, 4) is 0 Å². The van der Waals surface area contributed by atoms with E-state index in [-0.39, 0.29) is 19.4 Å². The normalized spacial score (nSPS) is 25.6. The van der Waals surface area contributed by atoms with Crippen LogP contribution in [0.15, 0.2) is 0 Å². The Morgan fingerprint density at radius 3 is 2.41 bits per heavy atom. The average Bonchev–Trinajstić information content (AvgIpc) is 2.58. The van der Waals surface area contributed by atoms with E-state index in [1.165, 1.54) is 6.92 Å². The highest BCUT2D eigenvalue weighted by Gasteiger charge is 2.40. The minimum Gasteiger partial charge on any atom is -0.481 e. The fraction of sp³-hybridized carbons (Fsp3) is 0.700. The first-order valence-corrected chi connectivity index (χ1v) is 5.26. The number of carbonyl (C=O) groups is 3. The van der Waals surface area contributed by atoms with Gasteiger partial charge < -0.3 is 20.2 Å². The summed E-state index contributed by atoms with van der Waals surface area (Å²) in [4.78, 5) is 34.2. The van der Waals surface area contributed by atoms with Gasteiger partial charge in [0.1, 0.15) is 6.04 Å². The molecule has 1 aliphatic heterocycles. The number of amides is 1. The summed E-state index contributed by atoms with van der Waals surface area (Å²) in [6.07, 6.45) is -1.23. The molecule has 0 radical (unpaired) electrons. The number of carboxylic acids is 2. The van der Waals surface area contributed by atoms with Gasteiger partial charge in [-0.15, -0.1) is 0 Å². The SMILES string of the molecule is CC(CC(=O)O)C(=O)N1C[C@H](O)C[C@H]1C(=O)O. The van der Waals surface area contributed by atoms with Gasteiger partial charge in [-0.25, -0.2) is 4.79 Å². The number of rotatable bonds is 4. The number of hydrogen-bond donors (Lipinski definition) is 3. The summed E-state index contributed by atoms with van der Waals surface area (Å²) in [5.74, 6) is -3.63. The quantitative estimate of drug-likeness (QED) is 0.594. The van der Waals surface area contributed by atoms with E-state index in [1.807, 2.05) is 0 Å². The fourth-order valence-electron chi connectivity index (χ4n) is 1.92. The maximum Gasteiger partial charge on any atom is 0.326 e. The molecule has 0 bridgehead atoms. The first-order valence-electron chi connectivity index (χ1n) is 5.26. The van der Waals surface area contributed by atoms with E-state index in [9.17, 15) is 19.5 Å². The number of nitrogens with zero attached hydrogens (tertiary/aromatic N) is 1. The summed E-state index contributed by atoms with van der Waals surface area (Å²) in [7, 11) is 0. The van der Waals surface area contributed by atoms with Gasteiger partial charge in [0.15, 0.2) is 0 Å². The van der Waals surface area contributed by atoms with Crippen LogP contribution in [0.1, 0.15) is 19.8 Å². The number of aliphatic hydroxyl groups excluding tert-OH is 1. The van der Waals surface area contributed by atoms with Crippen LogP contribution in [0, 0.1) is 5.92 Å². The van der Waals surface area contributed by atoms with Gasteiger partial charge in [-0.3, -0.25) is 9.59 Å². The van der Waals surface area contributed by atoms with E-state index >= 15 is 0 Å². The van der Waals surface area contributed by atoms with Gasteiger partial charge in [0.25, 0.3) is 0 Å². The van der Waals surface area contributed by atoms with Crippen LogP contribution in [-0.2, 0) is 14.4 Å². The molecule has 1 saturated heterocycles. The monoisotopic (exact) mass is 245 g/mol. The maximum absolute atomic E-state index is 11.8. The van der Waals surface area contributed by atoms with Crippen molar-refractivity contribution in [2.24, 2.45) is 5.92 Å². The third kappa shape index (κ3) is 3.16. The van der Waals surface area contributed by atoms with E-state index in [2.05, 4.69) is 0 Å². The van der Waals surface area contributed by atoms with E-state index in [0.29, 0.717) is 0 Å². The van der Waals surface area contributed by atoms with Crippen molar-refractivity contribution in [1.29, 1.82) is 0 Å². The lowest BCUT2D eigenvalue weighted by molar-refractivity contribution is -0.151. The van der Waals surface area contributed by atoms with Crippen LogP contribution >= 0.6 is 0 Å². The second kappa shape index (κ2) is 5.13. The average molecular weight is 245 g/mol. The molecule has 0 aliphatic carbocycles. The Bertz CT molecular complexity index is 342. The van der Waals surface area contributed by atoms with Gasteiger partial charge >= 0.3 is 11.9 Å². The number of aliphatic carboxylic acids is 2. The Kier molecular flexibility index (Phi) is 4.06. The van der Waals surface area contributed by atoms with Crippen molar-refractivity contribution in [1.82, 2.24) is 4.90 Å². The van der Waals surface area contributed by atoms with Gasteiger partial charge in [0.05, 0.1) is 12.5 Å². The maximum atomic E-state index is 11.8. The topological polar surface area (TPSA) is 115 Å². The lowest BCUT2D eigenvalue weighted by Crippen LogP contribution is -2.43. The molecule has 0 aromatic rings. The Morgan fingerprint density at radius 2 is 1.94 bits per heavy atom. The predicted octanol–water partition coefficient (Wildman–Crippen LogP) is -0.856. The summed E-state index contributed by atoms with van der Waals surface area (Å²) < 4.78 is 0. The van der Waals surface area contributed by atoms with E-state index in [4.69, 9.17) is 10.2 Å². The molecule has 7 heteroatoms. The number of β-amino-alcohol motifs (C(OH)–C–C–N with tert-alkyl or cyclic N) is 1. The smallest absolute Gasteiger partial charge is 0.326 e. The molecular formula is C10H15NO6. The Balaban J connectivity index is 2.73. The van der Waals surface area contributed by atoms with Crippen molar-refractivity contribution >= 4 is 17.8 Å². The molecule has 0 aromatic carbocycles. The fourth-order valence-corrected chi connectivity index (χ4v) is 1.92. The molecule has 96 valence electrons. The summed E-state index contributed by atoms with van der Waals surface area (Å²) in [5, 5.41) is 26.8. The van der Waals surface area contributed by atoms with Crippen LogP contribution in [0.5, 0.6) is 0 Å². The van der Waals surface area contributed by atoms with Crippen LogP contribution in [-0.4, -0.2) is 56.8 Å². The first-order chi connectivity index (χ1) is 7.82. The van der Waals surface area contributed by atoms with Crippen LogP contribution in [0.4, 0.5) is 0 Å². The summed E-state index contributed by atoms with van der Waals surface area (Å²) in [6.45, 7) is 1.37. The molecule has 1 heterocycles. The molecule has 3 N–H and O–H groups in total. The Hall–Kier alpha value is -1.63. The molecule has 0 aromatic heterocycles. The van der Waals surface area contributed by atoms with E-state index < -0.39 is 35.9 Å². The molecule has 17 heavy (non-hydrogen) atoms. The summed E-state index contributed by atoms with van der Waals surface area (Å²) >= 11 is 0. The molecule has 0 saturated carbocycles. The highest BCUT2D eigenvalue weighted by Crippen LogP contribution is 2.21. The van der Waals surface area contributed by atoms with Crippen LogP contribution in [0.3, 0.4) is 0 Å². The molecule has 1 unspecified atom stereocenters. The van der Waals surface area contributed by atoms with E-state index in [0.717, 1.165) is 4.90 Å². The zero-order valence-corrected chi connectivity index (χ0v) is 9.37. The second-order valence-corrected chi connectivity index (χ2v) is 4.23. The predicted molar refractivity (Wildman–Crippen MR) is 55.2 cm³/mol. The van der Waals surface area contributed by atoms with Crippen LogP contribution in [0.2, 0.25) is 0 Å². The van der Waals surface area contributed by atoms with Crippen LogP contribution in [0.25, 0.3) is 0 Å². The highest BCUT2D eigenvalue weighted by molar-refractivity contribution is 5.87. The third-order valence-corrected chi connectivity index (χ3v) is 2.75. The summed E-state index contributed by atoms with van der Waals surface area (Å²) in [6, 6.07) is -1.06. The molecule has 7 nitrogen and oxygen atoms in total. The minimum absolute atomic E-state index is 0.0130. The number of aliphatic hydroxyl groups is 1. The molecular weight excluding hydrogens is 230 g/mol. The number of hydrogen-bond acceptors (Lipinski definition) is 4. The van der Waals surface area contributed by atoms with E-state index in [1.54, 1.807) is 0 Å². The Labute approximate surface area is 97.6 Å². The lowest BCUT2D eigenvalue weighted by Gasteiger charge is -2.23. The molecule has 1 fully saturated rings. The number of likely N-dealkylation sites (tertiary alicyclic amines) is 1. The number of carbonyl (C=O) groups excluding carboxylic acids is 1. The minimum atomic E-state index is -1.18. The number of carboxylic acid groups (broad SMARTS) is 2. The second-order valence-electron chi connectivity index (χ2n) is 4.23. The molecule has 1 amide bonds. The molecule has 1 rings (SSSR count). The molecule has 0 spiro atoms. The van der Waals surface area contributed by atoms with Crippen molar-refractivity contribution in [2.75, 3.05) is 6.54 Å². The Morgan fingerprint density at radius 1 is 1.35 bits per heavy atom. The van der Waals surface area contributed by atoms with Crippen molar-refractivity contribution < 1.29 is 29.7 Å². The van der Waals surface area contributed by atoms with Crippen molar-refractivity contribution in [3.63, 3.8) is 0 Å². The van der Waals surface area contributed by atoms with Gasteiger partial charge in [-0.2, -0.15) is 0 Å².